The Labute approximate surface area is 187 Å². The molecule has 5 rings (SSSR count). The number of hydrogen-bond donors (Lipinski definition) is 0. The number of thiophene rings is 1. The Kier molecular flexibility index (Phi) is 5.54. The molecule has 4 heterocycles. The number of amides is 1. The summed E-state index contributed by atoms with van der Waals surface area (Å²) < 4.78 is 7.05. The molecule has 0 radical (unpaired) electrons. The van der Waals surface area contributed by atoms with Gasteiger partial charge in [0, 0.05) is 37.4 Å². The van der Waals surface area contributed by atoms with E-state index in [1.807, 2.05) is 40.6 Å². The molecule has 1 aromatic carbocycles. The molecule has 10 heteroatoms. The smallest absolute Gasteiger partial charge is 0.257 e. The summed E-state index contributed by atoms with van der Waals surface area (Å²) in [5.74, 6) is 1.19. The number of hydrogen-bond acceptors (Lipinski definition) is 7. The zero-order valence-electron chi connectivity index (χ0n) is 16.5. The molecule has 0 unspecified atom stereocenters. The molecule has 1 amide bonds. The topological polar surface area (TPSA) is 80.3 Å². The van der Waals surface area contributed by atoms with Crippen molar-refractivity contribution in [2.75, 3.05) is 26.2 Å². The van der Waals surface area contributed by atoms with E-state index >= 15 is 0 Å². The number of nitrogens with zero attached hydrogens (tertiary/aromatic N) is 6. The molecular weight excluding hydrogens is 436 g/mol. The van der Waals surface area contributed by atoms with Gasteiger partial charge in [0.15, 0.2) is 0 Å². The van der Waals surface area contributed by atoms with Crippen molar-refractivity contribution in [3.63, 3.8) is 0 Å². The van der Waals surface area contributed by atoms with Crippen LogP contribution in [0.2, 0.25) is 5.02 Å². The van der Waals surface area contributed by atoms with Crippen molar-refractivity contribution in [3.8, 4) is 16.4 Å². The van der Waals surface area contributed by atoms with Gasteiger partial charge in [-0.2, -0.15) is 10.1 Å². The lowest BCUT2D eigenvalue weighted by Crippen LogP contribution is -2.48. The van der Waals surface area contributed by atoms with Gasteiger partial charge < -0.3 is 9.42 Å². The molecule has 0 spiro atoms. The van der Waals surface area contributed by atoms with Crippen molar-refractivity contribution in [3.05, 3.63) is 70.6 Å². The number of piperazine rings is 1. The summed E-state index contributed by atoms with van der Waals surface area (Å²) in [6, 6.07) is 11.3. The van der Waals surface area contributed by atoms with Crippen LogP contribution in [0, 0.1) is 0 Å². The van der Waals surface area contributed by atoms with E-state index in [-0.39, 0.29) is 5.91 Å². The maximum absolute atomic E-state index is 12.9. The molecular formula is C21H19ClN6O2S. The Morgan fingerprint density at radius 3 is 2.81 bits per heavy atom. The van der Waals surface area contributed by atoms with Crippen molar-refractivity contribution in [1.29, 1.82) is 0 Å². The second-order valence-electron chi connectivity index (χ2n) is 7.21. The SMILES string of the molecule is O=C(c1cnn(-c2cccc(Cl)c2)c1)N1CCN(Cc2nc(-c3cccs3)no2)CC1. The van der Waals surface area contributed by atoms with Crippen LogP contribution in [-0.2, 0) is 6.54 Å². The molecule has 31 heavy (non-hydrogen) atoms. The minimum atomic E-state index is -0.0225. The minimum Gasteiger partial charge on any atom is -0.338 e. The normalized spacial score (nSPS) is 14.8. The number of aromatic nitrogens is 4. The van der Waals surface area contributed by atoms with Crippen LogP contribution in [0.15, 0.2) is 58.7 Å². The second-order valence-corrected chi connectivity index (χ2v) is 8.59. The summed E-state index contributed by atoms with van der Waals surface area (Å²) in [6.45, 7) is 3.32. The summed E-state index contributed by atoms with van der Waals surface area (Å²) in [5, 5.41) is 11.0. The lowest BCUT2D eigenvalue weighted by Gasteiger charge is -2.33. The van der Waals surface area contributed by atoms with Gasteiger partial charge in [-0.05, 0) is 29.6 Å². The average Bonchev–Trinajstić information content (AvgIpc) is 3.55. The fourth-order valence-corrected chi connectivity index (χ4v) is 4.33. The first-order chi connectivity index (χ1) is 15.2. The first kappa shape index (κ1) is 19.9. The van der Waals surface area contributed by atoms with Crippen molar-refractivity contribution < 1.29 is 9.32 Å². The van der Waals surface area contributed by atoms with Gasteiger partial charge >= 0.3 is 0 Å². The highest BCUT2D eigenvalue weighted by atomic mass is 35.5. The van der Waals surface area contributed by atoms with Gasteiger partial charge in [0.25, 0.3) is 5.91 Å². The van der Waals surface area contributed by atoms with Gasteiger partial charge in [0.05, 0.1) is 28.9 Å². The Balaban J connectivity index is 1.18. The molecule has 4 aromatic rings. The van der Waals surface area contributed by atoms with E-state index in [2.05, 4.69) is 20.1 Å². The fraction of sp³-hybridized carbons (Fsp3) is 0.238. The predicted molar refractivity (Wildman–Crippen MR) is 117 cm³/mol. The van der Waals surface area contributed by atoms with Gasteiger partial charge in [-0.25, -0.2) is 4.68 Å². The zero-order valence-corrected chi connectivity index (χ0v) is 18.1. The van der Waals surface area contributed by atoms with Crippen molar-refractivity contribution in [2.24, 2.45) is 0 Å². The molecule has 158 valence electrons. The van der Waals surface area contributed by atoms with Gasteiger partial charge in [0.2, 0.25) is 11.7 Å². The maximum Gasteiger partial charge on any atom is 0.257 e. The average molecular weight is 455 g/mol. The van der Waals surface area contributed by atoms with Crippen LogP contribution in [0.4, 0.5) is 0 Å². The number of benzene rings is 1. The zero-order chi connectivity index (χ0) is 21.2. The van der Waals surface area contributed by atoms with E-state index in [1.54, 1.807) is 34.5 Å². The molecule has 3 aromatic heterocycles. The third-order valence-corrected chi connectivity index (χ3v) is 6.23. The van der Waals surface area contributed by atoms with Gasteiger partial charge in [-0.3, -0.25) is 9.69 Å². The van der Waals surface area contributed by atoms with Gasteiger partial charge in [-0.15, -0.1) is 11.3 Å². The van der Waals surface area contributed by atoms with E-state index in [1.165, 1.54) is 0 Å². The Morgan fingerprint density at radius 2 is 2.03 bits per heavy atom. The summed E-state index contributed by atoms with van der Waals surface area (Å²) in [6.07, 6.45) is 3.34. The molecule has 1 fully saturated rings. The number of halogens is 1. The van der Waals surface area contributed by atoms with Crippen molar-refractivity contribution in [2.45, 2.75) is 6.54 Å². The minimum absolute atomic E-state index is 0.0225. The van der Waals surface area contributed by atoms with Crippen LogP contribution >= 0.6 is 22.9 Å². The molecule has 1 aliphatic rings. The molecule has 8 nitrogen and oxygen atoms in total. The Morgan fingerprint density at radius 1 is 1.16 bits per heavy atom. The quantitative estimate of drug-likeness (QED) is 0.458. The van der Waals surface area contributed by atoms with E-state index < -0.39 is 0 Å². The fourth-order valence-electron chi connectivity index (χ4n) is 3.50. The first-order valence-electron chi connectivity index (χ1n) is 9.84. The van der Waals surface area contributed by atoms with Crippen LogP contribution in [-0.4, -0.2) is 61.8 Å². The monoisotopic (exact) mass is 454 g/mol. The molecule has 1 saturated heterocycles. The summed E-state index contributed by atoms with van der Waals surface area (Å²) in [7, 11) is 0. The Hall–Kier alpha value is -3.01. The highest BCUT2D eigenvalue weighted by Crippen LogP contribution is 2.22. The molecule has 0 aliphatic carbocycles. The summed E-state index contributed by atoms with van der Waals surface area (Å²) in [5.41, 5.74) is 1.38. The lowest BCUT2D eigenvalue weighted by atomic mass is 10.2. The number of carbonyl (C=O) groups is 1. The number of carbonyl (C=O) groups excluding carboxylic acids is 1. The maximum atomic E-state index is 12.9. The molecule has 1 aliphatic heterocycles. The van der Waals surface area contributed by atoms with E-state index in [9.17, 15) is 4.79 Å². The summed E-state index contributed by atoms with van der Waals surface area (Å²) in [4.78, 5) is 22.4. The lowest BCUT2D eigenvalue weighted by molar-refractivity contribution is 0.0615. The Bertz CT molecular complexity index is 1180. The van der Waals surface area contributed by atoms with E-state index in [0.717, 1.165) is 23.7 Å². The highest BCUT2D eigenvalue weighted by Gasteiger charge is 2.24. The second kappa shape index (κ2) is 8.62. The van der Waals surface area contributed by atoms with Crippen LogP contribution in [0.3, 0.4) is 0 Å². The highest BCUT2D eigenvalue weighted by molar-refractivity contribution is 7.13. The molecule has 0 bridgehead atoms. The van der Waals surface area contributed by atoms with E-state index in [0.29, 0.717) is 41.9 Å². The van der Waals surface area contributed by atoms with Crippen LogP contribution in [0.5, 0.6) is 0 Å². The molecule has 0 N–H and O–H groups in total. The van der Waals surface area contributed by atoms with Crippen LogP contribution < -0.4 is 0 Å². The third kappa shape index (κ3) is 4.39. The molecule has 0 atom stereocenters. The largest absolute Gasteiger partial charge is 0.338 e. The van der Waals surface area contributed by atoms with E-state index in [4.69, 9.17) is 16.1 Å². The van der Waals surface area contributed by atoms with Crippen molar-refractivity contribution >= 4 is 28.8 Å². The van der Waals surface area contributed by atoms with Crippen LogP contribution in [0.25, 0.3) is 16.4 Å². The van der Waals surface area contributed by atoms with Gasteiger partial charge in [-0.1, -0.05) is 28.9 Å². The van der Waals surface area contributed by atoms with Crippen molar-refractivity contribution in [1.82, 2.24) is 29.7 Å². The third-order valence-electron chi connectivity index (χ3n) is 5.13. The van der Waals surface area contributed by atoms with Crippen LogP contribution in [0.1, 0.15) is 16.2 Å². The first-order valence-corrected chi connectivity index (χ1v) is 11.1. The summed E-state index contributed by atoms with van der Waals surface area (Å²) >= 11 is 7.63. The van der Waals surface area contributed by atoms with Gasteiger partial charge in [0.1, 0.15) is 0 Å². The molecule has 0 saturated carbocycles. The predicted octanol–water partition coefficient (Wildman–Crippen LogP) is 3.60. The number of rotatable bonds is 5. The standard InChI is InChI=1S/C21H19ClN6O2S/c22-16-3-1-4-17(11-16)28-13-15(12-23-28)21(29)27-8-6-26(7-9-27)14-19-24-20(25-30-19)18-5-2-10-31-18/h1-5,10-13H,6-9,14H2.